The largest absolute Gasteiger partial charge is 0.496 e. The highest BCUT2D eigenvalue weighted by atomic mass is 35.5. The van der Waals surface area contributed by atoms with Crippen LogP contribution in [0.4, 0.5) is 0 Å². The predicted molar refractivity (Wildman–Crippen MR) is 123 cm³/mol. The Labute approximate surface area is 198 Å². The molecule has 0 aromatic heterocycles. The molecule has 1 unspecified atom stereocenters. The van der Waals surface area contributed by atoms with Gasteiger partial charge in [0.25, 0.3) is 5.91 Å². The number of rotatable bonds is 8. The van der Waals surface area contributed by atoms with E-state index in [1.807, 2.05) is 18.2 Å². The Morgan fingerprint density at radius 1 is 1.12 bits per heavy atom. The third kappa shape index (κ3) is 6.25. The monoisotopic (exact) mass is 494 g/mol. The lowest BCUT2D eigenvalue weighted by molar-refractivity contribution is -0.159. The quantitative estimate of drug-likeness (QED) is 0.566. The fourth-order valence-electron chi connectivity index (χ4n) is 3.59. The summed E-state index contributed by atoms with van der Waals surface area (Å²) in [5.41, 5.74) is 0.807. The molecule has 0 saturated carbocycles. The molecule has 1 atom stereocenters. The van der Waals surface area contributed by atoms with Crippen molar-refractivity contribution in [3.63, 3.8) is 0 Å². The minimum Gasteiger partial charge on any atom is -0.496 e. The van der Waals surface area contributed by atoms with E-state index in [1.54, 1.807) is 13.2 Å². The van der Waals surface area contributed by atoms with Gasteiger partial charge >= 0.3 is 5.97 Å². The zero-order valence-corrected chi connectivity index (χ0v) is 20.1. The summed E-state index contributed by atoms with van der Waals surface area (Å²) in [5.74, 6) is -0.732. The van der Waals surface area contributed by atoms with E-state index in [1.165, 1.54) is 35.5 Å². The van der Waals surface area contributed by atoms with E-state index in [2.05, 4.69) is 5.32 Å². The first-order chi connectivity index (χ1) is 15.7. The lowest BCUT2D eigenvalue weighted by Crippen LogP contribution is -2.42. The van der Waals surface area contributed by atoms with Gasteiger partial charge in [0.15, 0.2) is 6.10 Å². The van der Waals surface area contributed by atoms with Crippen molar-refractivity contribution in [2.24, 2.45) is 5.92 Å². The second kappa shape index (κ2) is 11.0. The van der Waals surface area contributed by atoms with E-state index >= 15 is 0 Å². The van der Waals surface area contributed by atoms with Crippen LogP contribution in [0.1, 0.15) is 25.3 Å². The van der Waals surface area contributed by atoms with E-state index in [0.717, 1.165) is 5.56 Å². The number of benzene rings is 2. The van der Waals surface area contributed by atoms with Crippen LogP contribution < -0.4 is 10.1 Å². The van der Waals surface area contributed by atoms with Crippen LogP contribution in [0.15, 0.2) is 53.4 Å². The van der Waals surface area contributed by atoms with Crippen molar-refractivity contribution >= 4 is 33.5 Å². The number of carbonyl (C=O) groups excluding carboxylic acids is 2. The number of hydrogen-bond donors (Lipinski definition) is 1. The minimum absolute atomic E-state index is 0.160. The van der Waals surface area contributed by atoms with Crippen LogP contribution >= 0.6 is 11.6 Å². The minimum atomic E-state index is -3.66. The van der Waals surface area contributed by atoms with Crippen molar-refractivity contribution in [1.82, 2.24) is 9.62 Å². The Morgan fingerprint density at radius 2 is 1.76 bits per heavy atom. The molecule has 1 aliphatic rings. The molecule has 0 radical (unpaired) electrons. The summed E-state index contributed by atoms with van der Waals surface area (Å²) in [6.07, 6.45) is -0.328. The Hall–Kier alpha value is -2.62. The molecular formula is C23H27ClN2O6S. The fourth-order valence-corrected chi connectivity index (χ4v) is 5.18. The summed E-state index contributed by atoms with van der Waals surface area (Å²) in [4.78, 5) is 25.1. The molecule has 0 bridgehead atoms. The maximum Gasteiger partial charge on any atom is 0.309 e. The number of hydrogen-bond acceptors (Lipinski definition) is 6. The molecule has 1 fully saturated rings. The zero-order chi connectivity index (χ0) is 24.0. The normalized spacial score (nSPS) is 16.1. The smallest absolute Gasteiger partial charge is 0.309 e. The number of methoxy groups -OCH3 is 1. The van der Waals surface area contributed by atoms with Gasteiger partial charge in [-0.3, -0.25) is 9.59 Å². The van der Waals surface area contributed by atoms with Gasteiger partial charge in [0.1, 0.15) is 5.75 Å². The second-order valence-electron chi connectivity index (χ2n) is 7.74. The molecule has 3 rings (SSSR count). The third-order valence-corrected chi connectivity index (χ3v) is 7.71. The lowest BCUT2D eigenvalue weighted by atomic mass is 9.98. The summed E-state index contributed by atoms with van der Waals surface area (Å²) < 4.78 is 37.5. The van der Waals surface area contributed by atoms with E-state index in [4.69, 9.17) is 21.1 Å². The summed E-state index contributed by atoms with van der Waals surface area (Å²) in [6.45, 7) is 2.14. The molecule has 33 heavy (non-hydrogen) atoms. The number of amides is 1. The number of ether oxygens (including phenoxy) is 2. The summed E-state index contributed by atoms with van der Waals surface area (Å²) in [7, 11) is -2.10. The first kappa shape index (κ1) is 25.0. The van der Waals surface area contributed by atoms with Crippen molar-refractivity contribution in [3.8, 4) is 5.75 Å². The first-order valence-electron chi connectivity index (χ1n) is 10.6. The van der Waals surface area contributed by atoms with Crippen molar-refractivity contribution in [3.05, 3.63) is 59.1 Å². The van der Waals surface area contributed by atoms with Crippen LogP contribution in [0.5, 0.6) is 5.75 Å². The Morgan fingerprint density at radius 3 is 2.39 bits per heavy atom. The van der Waals surface area contributed by atoms with Crippen LogP contribution in [0, 0.1) is 5.92 Å². The van der Waals surface area contributed by atoms with E-state index in [-0.39, 0.29) is 24.5 Å². The van der Waals surface area contributed by atoms with E-state index in [9.17, 15) is 18.0 Å². The van der Waals surface area contributed by atoms with Crippen LogP contribution in [-0.4, -0.2) is 50.9 Å². The number of sulfonamides is 1. The van der Waals surface area contributed by atoms with Gasteiger partial charge in [-0.2, -0.15) is 4.31 Å². The number of nitrogens with one attached hydrogen (secondary N) is 1. The van der Waals surface area contributed by atoms with Crippen LogP contribution in [0.2, 0.25) is 5.02 Å². The van der Waals surface area contributed by atoms with Crippen molar-refractivity contribution in [1.29, 1.82) is 0 Å². The molecule has 1 N–H and O–H groups in total. The number of esters is 1. The first-order valence-corrected chi connectivity index (χ1v) is 12.4. The molecule has 0 spiro atoms. The van der Waals surface area contributed by atoms with Crippen molar-refractivity contribution in [2.75, 3.05) is 20.2 Å². The van der Waals surface area contributed by atoms with Gasteiger partial charge in [-0.05, 0) is 50.1 Å². The van der Waals surface area contributed by atoms with Crippen LogP contribution in [-0.2, 0) is 30.9 Å². The van der Waals surface area contributed by atoms with E-state index in [0.29, 0.717) is 23.6 Å². The van der Waals surface area contributed by atoms with Crippen LogP contribution in [0.25, 0.3) is 0 Å². The van der Waals surface area contributed by atoms with E-state index < -0.39 is 33.9 Å². The fraction of sp³-hybridized carbons (Fsp3) is 0.391. The second-order valence-corrected chi connectivity index (χ2v) is 10.1. The highest BCUT2D eigenvalue weighted by Gasteiger charge is 2.34. The number of para-hydroxylation sites is 1. The van der Waals surface area contributed by atoms with Gasteiger partial charge in [-0.15, -0.1) is 0 Å². The van der Waals surface area contributed by atoms with Gasteiger partial charge in [0, 0.05) is 30.2 Å². The highest BCUT2D eigenvalue weighted by molar-refractivity contribution is 7.89. The van der Waals surface area contributed by atoms with Crippen LogP contribution in [0.3, 0.4) is 0 Å². The van der Waals surface area contributed by atoms with Gasteiger partial charge < -0.3 is 14.8 Å². The average Bonchev–Trinajstić information content (AvgIpc) is 2.82. The zero-order valence-electron chi connectivity index (χ0n) is 18.5. The molecule has 8 nitrogen and oxygen atoms in total. The third-order valence-electron chi connectivity index (χ3n) is 5.55. The molecular weight excluding hydrogens is 468 g/mol. The number of halogens is 1. The van der Waals surface area contributed by atoms with Gasteiger partial charge in [0.05, 0.1) is 17.9 Å². The summed E-state index contributed by atoms with van der Waals surface area (Å²) in [6, 6.07) is 13.3. The molecule has 1 amide bonds. The number of piperidine rings is 1. The van der Waals surface area contributed by atoms with Gasteiger partial charge in [-0.25, -0.2) is 8.42 Å². The molecule has 178 valence electrons. The Balaban J connectivity index is 1.49. The highest BCUT2D eigenvalue weighted by Crippen LogP contribution is 2.26. The van der Waals surface area contributed by atoms with Crippen molar-refractivity contribution in [2.45, 2.75) is 37.3 Å². The van der Waals surface area contributed by atoms with Gasteiger partial charge in [0.2, 0.25) is 10.0 Å². The summed E-state index contributed by atoms with van der Waals surface area (Å²) in [5, 5.41) is 3.19. The average molecular weight is 495 g/mol. The maximum absolute atomic E-state index is 12.8. The van der Waals surface area contributed by atoms with Crippen molar-refractivity contribution < 1.29 is 27.5 Å². The number of nitrogens with zero attached hydrogens (tertiary/aromatic N) is 1. The standard InChI is InChI=1S/C23H27ClN2O6S/c1-16(22(27)25-15-18-5-3-4-6-21(18)31-2)32-23(28)17-11-13-26(14-12-17)33(29,30)20-9-7-19(24)8-10-20/h3-10,16-17H,11-15H2,1-2H3,(H,25,27). The molecule has 1 saturated heterocycles. The predicted octanol–water partition coefficient (Wildman–Crippen LogP) is 3.00. The molecule has 2 aromatic rings. The Bertz CT molecular complexity index is 1080. The number of carbonyl (C=O) groups is 2. The molecule has 1 heterocycles. The maximum atomic E-state index is 12.8. The molecule has 10 heteroatoms. The SMILES string of the molecule is COc1ccccc1CNC(=O)C(C)OC(=O)C1CCN(S(=O)(=O)c2ccc(Cl)cc2)CC1. The summed E-state index contributed by atoms with van der Waals surface area (Å²) >= 11 is 5.84. The Kier molecular flexibility index (Phi) is 8.34. The molecule has 2 aromatic carbocycles. The van der Waals surface area contributed by atoms with Gasteiger partial charge in [-0.1, -0.05) is 29.8 Å². The molecule has 1 aliphatic heterocycles. The topological polar surface area (TPSA) is 102 Å². The lowest BCUT2D eigenvalue weighted by Gasteiger charge is -2.30. The molecule has 0 aliphatic carbocycles.